The van der Waals surface area contributed by atoms with Crippen molar-refractivity contribution in [2.45, 2.75) is 120 Å². The molecule has 0 aliphatic heterocycles. The van der Waals surface area contributed by atoms with Crippen molar-refractivity contribution in [1.29, 1.82) is 0 Å². The number of carbonyl (C=O) groups excluding carboxylic acids is 1. The van der Waals surface area contributed by atoms with Gasteiger partial charge in [-0.25, -0.2) is 0 Å². The lowest BCUT2D eigenvalue weighted by molar-refractivity contribution is -0.167. The number of fused-ring (bicyclic) bond motifs is 5. The standard InChI is InChI=1S/C30H50O/c1-19(2)10-9-11-21(5)23-15-17-29(7)25-13-12-24-22(20(3)4)14-16-28(24,6)27(25)26(31)18-30(23,29)8/h19,21,23-25,27H,9-18H2,1-8H3/t21-,23-,24-,25-,27-,28-,29+,30-/m1/s1. The van der Waals surface area contributed by atoms with Crippen LogP contribution in [-0.4, -0.2) is 5.78 Å². The molecule has 4 aliphatic carbocycles. The van der Waals surface area contributed by atoms with Crippen molar-refractivity contribution < 1.29 is 4.79 Å². The summed E-state index contributed by atoms with van der Waals surface area (Å²) in [6.45, 7) is 19.5. The van der Waals surface area contributed by atoms with Gasteiger partial charge in [0.15, 0.2) is 0 Å². The van der Waals surface area contributed by atoms with Gasteiger partial charge in [0.1, 0.15) is 5.78 Å². The summed E-state index contributed by atoms with van der Waals surface area (Å²) in [4.78, 5) is 14.0. The second-order valence-electron chi connectivity index (χ2n) is 13.7. The van der Waals surface area contributed by atoms with E-state index in [9.17, 15) is 4.79 Å². The summed E-state index contributed by atoms with van der Waals surface area (Å²) in [6, 6.07) is 0. The van der Waals surface area contributed by atoms with Crippen molar-refractivity contribution in [3.05, 3.63) is 11.1 Å². The first kappa shape index (κ1) is 23.6. The van der Waals surface area contributed by atoms with Gasteiger partial charge in [0.05, 0.1) is 0 Å². The molecule has 8 atom stereocenters. The zero-order valence-electron chi connectivity index (χ0n) is 21.9. The number of hydrogen-bond donors (Lipinski definition) is 0. The van der Waals surface area contributed by atoms with Crippen LogP contribution in [0.5, 0.6) is 0 Å². The van der Waals surface area contributed by atoms with Crippen LogP contribution in [0.15, 0.2) is 11.1 Å². The van der Waals surface area contributed by atoms with Crippen molar-refractivity contribution in [3.63, 3.8) is 0 Å². The van der Waals surface area contributed by atoms with E-state index in [1.54, 1.807) is 5.57 Å². The SMILES string of the molecule is CC(C)=C1CC[C@]2(C)[C@@H]1CC[C@@H]1[C@@H]2C(=O)C[C@]2(C)[C@@H]([C@H](C)CCCC(C)C)CC[C@@]12C. The highest BCUT2D eigenvalue weighted by Crippen LogP contribution is 2.73. The summed E-state index contributed by atoms with van der Waals surface area (Å²) < 4.78 is 0. The largest absolute Gasteiger partial charge is 0.299 e. The van der Waals surface area contributed by atoms with Crippen LogP contribution in [0.1, 0.15) is 120 Å². The lowest BCUT2D eigenvalue weighted by Crippen LogP contribution is -2.59. The molecule has 1 heteroatoms. The van der Waals surface area contributed by atoms with Crippen molar-refractivity contribution in [2.24, 2.45) is 51.8 Å². The second kappa shape index (κ2) is 8.02. The van der Waals surface area contributed by atoms with E-state index in [1.165, 1.54) is 63.4 Å². The van der Waals surface area contributed by atoms with Gasteiger partial charge in [0.25, 0.3) is 0 Å². The predicted octanol–water partition coefficient (Wildman–Crippen LogP) is 8.62. The van der Waals surface area contributed by atoms with E-state index in [2.05, 4.69) is 55.4 Å². The summed E-state index contributed by atoms with van der Waals surface area (Å²) in [6.07, 6.45) is 12.7. The van der Waals surface area contributed by atoms with Crippen LogP contribution in [0.4, 0.5) is 0 Å². The molecular formula is C30H50O. The third-order valence-corrected chi connectivity index (χ3v) is 11.6. The zero-order chi connectivity index (χ0) is 22.8. The van der Waals surface area contributed by atoms with Crippen molar-refractivity contribution in [1.82, 2.24) is 0 Å². The number of carbonyl (C=O) groups is 1. The average Bonchev–Trinajstić information content (AvgIpc) is 3.15. The monoisotopic (exact) mass is 426 g/mol. The van der Waals surface area contributed by atoms with E-state index in [0.29, 0.717) is 29.0 Å². The number of allylic oxidation sites excluding steroid dienone is 2. The minimum atomic E-state index is 0.212. The van der Waals surface area contributed by atoms with Crippen LogP contribution in [0.3, 0.4) is 0 Å². The summed E-state index contributed by atoms with van der Waals surface area (Å²) in [5.74, 6) is 4.54. The molecule has 4 aliphatic rings. The fraction of sp³-hybridized carbons (Fsp3) is 0.900. The quantitative estimate of drug-likeness (QED) is 0.402. The maximum atomic E-state index is 14.0. The fourth-order valence-corrected chi connectivity index (χ4v) is 9.73. The highest BCUT2D eigenvalue weighted by Gasteiger charge is 2.68. The summed E-state index contributed by atoms with van der Waals surface area (Å²) in [5, 5.41) is 0. The van der Waals surface area contributed by atoms with Crippen LogP contribution in [0.25, 0.3) is 0 Å². The van der Waals surface area contributed by atoms with Gasteiger partial charge in [-0.3, -0.25) is 4.79 Å². The lowest BCUT2D eigenvalue weighted by Gasteiger charge is -2.62. The Morgan fingerprint density at radius 2 is 1.68 bits per heavy atom. The van der Waals surface area contributed by atoms with E-state index in [4.69, 9.17) is 0 Å². The van der Waals surface area contributed by atoms with Gasteiger partial charge in [-0.2, -0.15) is 0 Å². The van der Waals surface area contributed by atoms with Crippen LogP contribution in [0.2, 0.25) is 0 Å². The average molecular weight is 427 g/mol. The number of hydrogen-bond acceptors (Lipinski definition) is 1. The Hall–Kier alpha value is -0.590. The molecule has 31 heavy (non-hydrogen) atoms. The van der Waals surface area contributed by atoms with Gasteiger partial charge >= 0.3 is 0 Å². The van der Waals surface area contributed by atoms with Gasteiger partial charge in [0, 0.05) is 12.3 Å². The third kappa shape index (κ3) is 3.42. The van der Waals surface area contributed by atoms with Crippen molar-refractivity contribution in [3.8, 4) is 0 Å². The van der Waals surface area contributed by atoms with Gasteiger partial charge < -0.3 is 0 Å². The van der Waals surface area contributed by atoms with Crippen molar-refractivity contribution >= 4 is 5.78 Å². The summed E-state index contributed by atoms with van der Waals surface area (Å²) >= 11 is 0. The first-order valence-electron chi connectivity index (χ1n) is 13.6. The van der Waals surface area contributed by atoms with Gasteiger partial charge in [-0.05, 0) is 98.2 Å². The minimum absolute atomic E-state index is 0.212. The molecule has 4 saturated carbocycles. The van der Waals surface area contributed by atoms with E-state index in [-0.39, 0.29) is 10.8 Å². The van der Waals surface area contributed by atoms with Gasteiger partial charge in [-0.15, -0.1) is 0 Å². The Labute approximate surface area is 193 Å². The molecule has 0 N–H and O–H groups in total. The van der Waals surface area contributed by atoms with Crippen molar-refractivity contribution in [2.75, 3.05) is 0 Å². The molecule has 0 aromatic heterocycles. The highest BCUT2D eigenvalue weighted by molar-refractivity contribution is 5.85. The number of Topliss-reactive ketones (excluding diaryl/α,β-unsaturated/α-hetero) is 1. The molecule has 176 valence electrons. The molecule has 4 fully saturated rings. The van der Waals surface area contributed by atoms with E-state index in [1.807, 2.05) is 0 Å². The van der Waals surface area contributed by atoms with Crippen LogP contribution in [0, 0.1) is 51.8 Å². The Kier molecular flexibility index (Phi) is 6.09. The van der Waals surface area contributed by atoms with E-state index < -0.39 is 0 Å². The topological polar surface area (TPSA) is 17.1 Å². The van der Waals surface area contributed by atoms with Crippen LogP contribution >= 0.6 is 0 Å². The van der Waals surface area contributed by atoms with Crippen LogP contribution < -0.4 is 0 Å². The first-order valence-corrected chi connectivity index (χ1v) is 13.6. The predicted molar refractivity (Wildman–Crippen MR) is 132 cm³/mol. The molecule has 0 unspecified atom stereocenters. The minimum Gasteiger partial charge on any atom is -0.299 e. The molecule has 4 rings (SSSR count). The maximum absolute atomic E-state index is 14.0. The molecule has 1 nitrogen and oxygen atoms in total. The normalized spacial score (nSPS) is 45.5. The number of rotatable bonds is 5. The lowest BCUT2D eigenvalue weighted by atomic mass is 9.41. The molecule has 0 aromatic carbocycles. The smallest absolute Gasteiger partial charge is 0.137 e. The van der Waals surface area contributed by atoms with Gasteiger partial charge in [-0.1, -0.05) is 72.0 Å². The van der Waals surface area contributed by atoms with E-state index >= 15 is 0 Å². The molecular weight excluding hydrogens is 376 g/mol. The third-order valence-electron chi connectivity index (χ3n) is 11.6. The first-order chi connectivity index (χ1) is 14.5. The summed E-state index contributed by atoms with van der Waals surface area (Å²) in [5.41, 5.74) is 4.02. The second-order valence-corrected chi connectivity index (χ2v) is 13.7. The number of ketones is 1. The molecule has 0 aromatic rings. The molecule has 0 radical (unpaired) electrons. The van der Waals surface area contributed by atoms with Gasteiger partial charge in [0.2, 0.25) is 0 Å². The highest BCUT2D eigenvalue weighted by atomic mass is 16.1. The molecule has 0 bridgehead atoms. The Morgan fingerprint density at radius 3 is 2.32 bits per heavy atom. The molecule has 0 heterocycles. The zero-order valence-corrected chi connectivity index (χ0v) is 21.9. The summed E-state index contributed by atoms with van der Waals surface area (Å²) in [7, 11) is 0. The van der Waals surface area contributed by atoms with E-state index in [0.717, 1.165) is 24.2 Å². The van der Waals surface area contributed by atoms with Crippen LogP contribution in [-0.2, 0) is 4.79 Å². The fourth-order valence-electron chi connectivity index (χ4n) is 9.73. The molecule has 0 amide bonds. The maximum Gasteiger partial charge on any atom is 0.137 e. The molecule has 0 saturated heterocycles. The Balaban J connectivity index is 1.61. The Morgan fingerprint density at radius 1 is 0.968 bits per heavy atom. The Bertz CT molecular complexity index is 742. The molecule has 0 spiro atoms.